The minimum atomic E-state index is -0.281. The Bertz CT molecular complexity index is 1150. The van der Waals surface area contributed by atoms with E-state index in [-0.39, 0.29) is 11.5 Å². The van der Waals surface area contributed by atoms with E-state index in [4.69, 9.17) is 4.74 Å². The van der Waals surface area contributed by atoms with Crippen molar-refractivity contribution in [2.24, 2.45) is 0 Å². The van der Waals surface area contributed by atoms with Crippen molar-refractivity contribution in [3.8, 4) is 5.75 Å². The lowest BCUT2D eigenvalue weighted by molar-refractivity contribution is 0.414. The first-order valence-electron chi connectivity index (χ1n) is 8.69. The molecule has 0 atom stereocenters. The fourth-order valence-electron chi connectivity index (χ4n) is 2.87. The molecule has 7 nitrogen and oxygen atoms in total. The lowest BCUT2D eigenvalue weighted by Crippen LogP contribution is -2.18. The van der Waals surface area contributed by atoms with Crippen LogP contribution in [0, 0.1) is 5.82 Å². The van der Waals surface area contributed by atoms with Gasteiger partial charge in [-0.3, -0.25) is 4.57 Å². The zero-order chi connectivity index (χ0) is 19.5. The van der Waals surface area contributed by atoms with Gasteiger partial charge in [-0.05, 0) is 35.4 Å². The molecular weight excluding hydrogens is 361 g/mol. The quantitative estimate of drug-likeness (QED) is 0.538. The predicted octanol–water partition coefficient (Wildman–Crippen LogP) is 2.93. The molecule has 0 amide bonds. The molecule has 142 valence electrons. The standard InChI is InChI=1S/C20H18FN5O2/c1-28-16-8-4-14(5-9-16)12-26-18-17(24-20(26)27)11-23-19(25-18)22-10-13-2-6-15(21)7-3-13/h2-9,11H,10,12H2,1H3,(H,24,27)(H,22,23,25). The largest absolute Gasteiger partial charge is 0.497 e. The number of methoxy groups -OCH3 is 1. The van der Waals surface area contributed by atoms with Crippen molar-refractivity contribution in [2.75, 3.05) is 12.4 Å². The number of H-pyrrole nitrogens is 1. The van der Waals surface area contributed by atoms with Gasteiger partial charge in [0, 0.05) is 6.54 Å². The molecule has 2 heterocycles. The van der Waals surface area contributed by atoms with Crippen LogP contribution in [-0.4, -0.2) is 26.6 Å². The van der Waals surface area contributed by atoms with Gasteiger partial charge in [0.05, 0.1) is 19.9 Å². The molecule has 28 heavy (non-hydrogen) atoms. The summed E-state index contributed by atoms with van der Waals surface area (Å²) >= 11 is 0. The summed E-state index contributed by atoms with van der Waals surface area (Å²) in [5.74, 6) is 0.861. The second-order valence-corrected chi connectivity index (χ2v) is 6.28. The zero-order valence-corrected chi connectivity index (χ0v) is 15.1. The minimum absolute atomic E-state index is 0.254. The van der Waals surface area contributed by atoms with Crippen molar-refractivity contribution in [1.82, 2.24) is 19.5 Å². The smallest absolute Gasteiger partial charge is 0.328 e. The van der Waals surface area contributed by atoms with Gasteiger partial charge in [0.15, 0.2) is 5.65 Å². The van der Waals surface area contributed by atoms with E-state index in [0.717, 1.165) is 16.9 Å². The van der Waals surface area contributed by atoms with Gasteiger partial charge in [-0.25, -0.2) is 14.2 Å². The number of anilines is 1. The summed E-state index contributed by atoms with van der Waals surface area (Å²) in [6.07, 6.45) is 1.57. The number of rotatable bonds is 6. The van der Waals surface area contributed by atoms with Gasteiger partial charge in [-0.1, -0.05) is 24.3 Å². The molecule has 0 saturated carbocycles. The molecule has 0 fully saturated rings. The normalized spacial score (nSPS) is 10.9. The lowest BCUT2D eigenvalue weighted by Gasteiger charge is -2.07. The van der Waals surface area contributed by atoms with Crippen molar-refractivity contribution in [3.63, 3.8) is 0 Å². The van der Waals surface area contributed by atoms with Gasteiger partial charge >= 0.3 is 5.69 Å². The third-order valence-electron chi connectivity index (χ3n) is 4.37. The van der Waals surface area contributed by atoms with E-state index < -0.39 is 0 Å². The van der Waals surface area contributed by atoms with Gasteiger partial charge < -0.3 is 15.0 Å². The molecule has 2 aromatic carbocycles. The first kappa shape index (κ1) is 17.7. The average Bonchev–Trinajstić information content (AvgIpc) is 3.03. The molecule has 4 aromatic rings. The molecule has 0 saturated heterocycles. The van der Waals surface area contributed by atoms with Crippen LogP contribution < -0.4 is 15.7 Å². The highest BCUT2D eigenvalue weighted by Gasteiger charge is 2.11. The average molecular weight is 379 g/mol. The molecule has 0 spiro atoms. The number of benzene rings is 2. The topological polar surface area (TPSA) is 84.8 Å². The first-order chi connectivity index (χ1) is 13.6. The van der Waals surface area contributed by atoms with Crippen LogP contribution >= 0.6 is 0 Å². The van der Waals surface area contributed by atoms with Crippen molar-refractivity contribution < 1.29 is 9.13 Å². The Morgan fingerprint density at radius 3 is 2.54 bits per heavy atom. The summed E-state index contributed by atoms with van der Waals surface area (Å²) in [5, 5.41) is 3.10. The van der Waals surface area contributed by atoms with Crippen LogP contribution in [0.25, 0.3) is 11.2 Å². The highest BCUT2D eigenvalue weighted by Crippen LogP contribution is 2.15. The highest BCUT2D eigenvalue weighted by atomic mass is 19.1. The summed E-state index contributed by atoms with van der Waals surface area (Å²) in [5.41, 5.74) is 2.66. The van der Waals surface area contributed by atoms with Gasteiger partial charge in [0.1, 0.15) is 17.1 Å². The van der Waals surface area contributed by atoms with E-state index in [9.17, 15) is 9.18 Å². The summed E-state index contributed by atoms with van der Waals surface area (Å²) in [7, 11) is 1.61. The molecule has 0 unspecified atom stereocenters. The lowest BCUT2D eigenvalue weighted by atomic mass is 10.2. The van der Waals surface area contributed by atoms with Crippen molar-refractivity contribution >= 4 is 17.1 Å². The van der Waals surface area contributed by atoms with Gasteiger partial charge in [-0.15, -0.1) is 0 Å². The number of aromatic nitrogens is 4. The summed E-state index contributed by atoms with van der Waals surface area (Å²) in [6.45, 7) is 0.816. The van der Waals surface area contributed by atoms with Crippen LogP contribution in [-0.2, 0) is 13.1 Å². The van der Waals surface area contributed by atoms with E-state index in [1.165, 1.54) is 12.1 Å². The molecule has 0 aliphatic rings. The van der Waals surface area contributed by atoms with E-state index >= 15 is 0 Å². The molecule has 2 N–H and O–H groups in total. The third-order valence-corrected chi connectivity index (χ3v) is 4.37. The van der Waals surface area contributed by atoms with Gasteiger partial charge in [-0.2, -0.15) is 4.98 Å². The van der Waals surface area contributed by atoms with Crippen LogP contribution in [0.3, 0.4) is 0 Å². The second-order valence-electron chi connectivity index (χ2n) is 6.28. The maximum atomic E-state index is 13.0. The number of halogens is 1. The van der Waals surface area contributed by atoms with E-state index in [1.54, 1.807) is 30.0 Å². The van der Waals surface area contributed by atoms with Crippen LogP contribution in [0.2, 0.25) is 0 Å². The number of imidazole rings is 1. The Morgan fingerprint density at radius 2 is 1.82 bits per heavy atom. The monoisotopic (exact) mass is 379 g/mol. The molecule has 0 aliphatic carbocycles. The number of nitrogens with one attached hydrogen (secondary N) is 2. The van der Waals surface area contributed by atoms with Crippen molar-refractivity contribution in [3.05, 3.63) is 82.2 Å². The van der Waals surface area contributed by atoms with Crippen molar-refractivity contribution in [1.29, 1.82) is 0 Å². The van der Waals surface area contributed by atoms with Crippen LogP contribution in [0.5, 0.6) is 5.75 Å². The van der Waals surface area contributed by atoms with Gasteiger partial charge in [0.25, 0.3) is 0 Å². The Balaban J connectivity index is 1.58. The Kier molecular flexibility index (Phi) is 4.76. The van der Waals surface area contributed by atoms with E-state index in [2.05, 4.69) is 20.3 Å². The van der Waals surface area contributed by atoms with E-state index in [0.29, 0.717) is 30.2 Å². The number of hydrogen-bond donors (Lipinski definition) is 2. The molecule has 0 radical (unpaired) electrons. The van der Waals surface area contributed by atoms with Crippen LogP contribution in [0.4, 0.5) is 10.3 Å². The maximum Gasteiger partial charge on any atom is 0.328 e. The number of hydrogen-bond acceptors (Lipinski definition) is 5. The Morgan fingerprint density at radius 1 is 1.11 bits per heavy atom. The molecular formula is C20H18FN5O2. The van der Waals surface area contributed by atoms with E-state index in [1.807, 2.05) is 24.3 Å². The number of fused-ring (bicyclic) bond motifs is 1. The predicted molar refractivity (Wildman–Crippen MR) is 104 cm³/mol. The minimum Gasteiger partial charge on any atom is -0.497 e. The third kappa shape index (κ3) is 3.71. The first-order valence-corrected chi connectivity index (χ1v) is 8.69. The molecule has 8 heteroatoms. The Hall–Kier alpha value is -3.68. The Labute approximate surface area is 159 Å². The van der Waals surface area contributed by atoms with Crippen molar-refractivity contribution in [2.45, 2.75) is 13.1 Å². The molecule has 4 rings (SSSR count). The van der Waals surface area contributed by atoms with Gasteiger partial charge in [0.2, 0.25) is 5.95 Å². The summed E-state index contributed by atoms with van der Waals surface area (Å²) < 4.78 is 19.7. The number of nitrogens with zero attached hydrogens (tertiary/aromatic N) is 3. The molecule has 0 aliphatic heterocycles. The number of ether oxygens (including phenoxy) is 1. The SMILES string of the molecule is COc1ccc(Cn2c(=O)[nH]c3cnc(NCc4ccc(F)cc4)nc32)cc1. The fourth-order valence-corrected chi connectivity index (χ4v) is 2.87. The summed E-state index contributed by atoms with van der Waals surface area (Å²) in [6, 6.07) is 13.7. The van der Waals surface area contributed by atoms with Crippen LogP contribution in [0.15, 0.2) is 59.5 Å². The van der Waals surface area contributed by atoms with Crippen LogP contribution in [0.1, 0.15) is 11.1 Å². The number of aromatic amines is 1. The molecule has 0 bridgehead atoms. The maximum absolute atomic E-state index is 13.0. The zero-order valence-electron chi connectivity index (χ0n) is 15.1. The highest BCUT2D eigenvalue weighted by molar-refractivity contribution is 5.71. The summed E-state index contributed by atoms with van der Waals surface area (Å²) in [4.78, 5) is 23.8. The second kappa shape index (κ2) is 7.51. The molecule has 2 aromatic heterocycles. The fraction of sp³-hybridized carbons (Fsp3) is 0.150.